The quantitative estimate of drug-likeness (QED) is 0.445. The molecule has 1 heteroatoms. The van der Waals surface area contributed by atoms with Gasteiger partial charge in [-0.05, 0) is 19.4 Å². The molecular weight excluding hydrogens is 136 g/mol. The molecule has 0 aromatic rings. The lowest BCUT2D eigenvalue weighted by molar-refractivity contribution is -0.107. The fraction of sp³-hybridized carbons (Fsp3) is 0.300. The fourth-order valence-corrected chi connectivity index (χ4v) is 0.799. The molecule has 1 nitrogen and oxygen atoms in total. The predicted molar refractivity (Wildman–Crippen MR) is 48.4 cm³/mol. The average molecular weight is 150 g/mol. The summed E-state index contributed by atoms with van der Waals surface area (Å²) in [6.07, 6.45) is 7.14. The molecule has 11 heavy (non-hydrogen) atoms. The van der Waals surface area contributed by atoms with Gasteiger partial charge in [0.15, 0.2) is 0 Å². The highest BCUT2D eigenvalue weighted by molar-refractivity contribution is 5.56. The third-order valence-corrected chi connectivity index (χ3v) is 1.21. The molecule has 0 saturated carbocycles. The molecule has 0 atom stereocenters. The maximum absolute atomic E-state index is 10.0. The Balaban J connectivity index is 4.06. The largest absolute Gasteiger partial charge is 0.303 e. The van der Waals surface area contributed by atoms with Crippen molar-refractivity contribution in [2.24, 2.45) is 0 Å². The zero-order chi connectivity index (χ0) is 8.69. The summed E-state index contributed by atoms with van der Waals surface area (Å²) < 4.78 is 0. The molecule has 0 bridgehead atoms. The second kappa shape index (κ2) is 5.66. The lowest BCUT2D eigenvalue weighted by Gasteiger charge is -1.93. The first-order valence-corrected chi connectivity index (χ1v) is 3.63. The number of aldehydes is 1. The van der Waals surface area contributed by atoms with E-state index in [4.69, 9.17) is 0 Å². The normalized spacial score (nSPS) is 12.0. The first-order chi connectivity index (χ1) is 5.20. The topological polar surface area (TPSA) is 17.1 Å². The lowest BCUT2D eigenvalue weighted by atomic mass is 10.1. The van der Waals surface area contributed by atoms with Crippen LogP contribution in [0.2, 0.25) is 0 Å². The van der Waals surface area contributed by atoms with Crippen LogP contribution in [0.15, 0.2) is 36.0 Å². The van der Waals surface area contributed by atoms with E-state index in [0.717, 1.165) is 17.4 Å². The molecule has 0 aliphatic carbocycles. The third-order valence-electron chi connectivity index (χ3n) is 1.21. The van der Waals surface area contributed by atoms with E-state index in [0.29, 0.717) is 6.42 Å². The van der Waals surface area contributed by atoms with Gasteiger partial charge in [0, 0.05) is 6.42 Å². The van der Waals surface area contributed by atoms with E-state index >= 15 is 0 Å². The van der Waals surface area contributed by atoms with E-state index in [1.54, 1.807) is 0 Å². The molecule has 0 rings (SSSR count). The van der Waals surface area contributed by atoms with Gasteiger partial charge in [-0.3, -0.25) is 0 Å². The Bertz CT molecular complexity index is 197. The first-order valence-electron chi connectivity index (χ1n) is 3.63. The van der Waals surface area contributed by atoms with Crippen LogP contribution in [0, 0.1) is 0 Å². The van der Waals surface area contributed by atoms with Crippen molar-refractivity contribution < 1.29 is 4.79 Å². The molecule has 0 aromatic carbocycles. The van der Waals surface area contributed by atoms with Crippen LogP contribution in [-0.2, 0) is 4.79 Å². The Labute approximate surface area is 68.1 Å². The molecule has 0 aliphatic rings. The molecule has 0 aromatic heterocycles. The van der Waals surface area contributed by atoms with Gasteiger partial charge in [0.1, 0.15) is 6.29 Å². The van der Waals surface area contributed by atoms with Crippen LogP contribution in [-0.4, -0.2) is 6.29 Å². The number of carbonyl (C=O) groups is 1. The second-order valence-electron chi connectivity index (χ2n) is 2.42. The molecule has 0 amide bonds. The molecule has 0 saturated heterocycles. The summed E-state index contributed by atoms with van der Waals surface area (Å²) in [7, 11) is 0. The summed E-state index contributed by atoms with van der Waals surface area (Å²) in [5.74, 6) is 0. The highest BCUT2D eigenvalue weighted by atomic mass is 16.1. The fourth-order valence-electron chi connectivity index (χ4n) is 0.799. The van der Waals surface area contributed by atoms with Crippen molar-refractivity contribution >= 4 is 6.29 Å². The average Bonchev–Trinajstić information content (AvgIpc) is 1.87. The number of hydrogen-bond donors (Lipinski definition) is 0. The molecule has 0 fully saturated rings. The van der Waals surface area contributed by atoms with Gasteiger partial charge in [-0.25, -0.2) is 0 Å². The second-order valence-corrected chi connectivity index (χ2v) is 2.42. The van der Waals surface area contributed by atoms with E-state index in [9.17, 15) is 4.79 Å². The molecule has 60 valence electrons. The Morgan fingerprint density at radius 1 is 1.55 bits per heavy atom. The zero-order valence-electron chi connectivity index (χ0n) is 7.13. The van der Waals surface area contributed by atoms with Gasteiger partial charge < -0.3 is 4.79 Å². The molecule has 0 radical (unpaired) electrons. The van der Waals surface area contributed by atoms with Crippen LogP contribution in [0.4, 0.5) is 0 Å². The summed E-state index contributed by atoms with van der Waals surface area (Å²) in [5.41, 5.74) is 1.98. The minimum Gasteiger partial charge on any atom is -0.303 e. The van der Waals surface area contributed by atoms with Gasteiger partial charge in [-0.1, -0.05) is 30.4 Å². The Hall–Kier alpha value is -1.11. The lowest BCUT2D eigenvalue weighted by Crippen LogP contribution is -1.78. The number of rotatable bonds is 4. The van der Waals surface area contributed by atoms with Gasteiger partial charge in [0.25, 0.3) is 0 Å². The van der Waals surface area contributed by atoms with Crippen molar-refractivity contribution in [2.75, 3.05) is 0 Å². The van der Waals surface area contributed by atoms with Crippen LogP contribution < -0.4 is 0 Å². The number of hydrogen-bond acceptors (Lipinski definition) is 1. The van der Waals surface area contributed by atoms with E-state index in [2.05, 4.69) is 6.58 Å². The van der Waals surface area contributed by atoms with Gasteiger partial charge in [0.05, 0.1) is 0 Å². The Morgan fingerprint density at radius 3 is 2.64 bits per heavy atom. The van der Waals surface area contributed by atoms with Gasteiger partial charge in [-0.15, -0.1) is 0 Å². The summed E-state index contributed by atoms with van der Waals surface area (Å²) in [5, 5.41) is 0. The predicted octanol–water partition coefficient (Wildman–Crippen LogP) is 2.65. The highest BCUT2D eigenvalue weighted by Crippen LogP contribution is 2.03. The van der Waals surface area contributed by atoms with Crippen molar-refractivity contribution in [2.45, 2.75) is 20.3 Å². The minimum absolute atomic E-state index is 0.425. The summed E-state index contributed by atoms with van der Waals surface area (Å²) in [6.45, 7) is 7.67. The zero-order valence-corrected chi connectivity index (χ0v) is 7.13. The minimum atomic E-state index is 0.425. The van der Waals surface area contributed by atoms with Gasteiger partial charge in [-0.2, -0.15) is 0 Å². The van der Waals surface area contributed by atoms with Gasteiger partial charge >= 0.3 is 0 Å². The van der Waals surface area contributed by atoms with Crippen LogP contribution in [0.3, 0.4) is 0 Å². The van der Waals surface area contributed by atoms with E-state index in [1.165, 1.54) is 0 Å². The molecule has 0 spiro atoms. The third kappa shape index (κ3) is 5.34. The summed E-state index contributed by atoms with van der Waals surface area (Å²) >= 11 is 0. The van der Waals surface area contributed by atoms with Crippen LogP contribution in [0.1, 0.15) is 20.3 Å². The van der Waals surface area contributed by atoms with Crippen LogP contribution in [0.25, 0.3) is 0 Å². The summed E-state index contributed by atoms with van der Waals surface area (Å²) in [6, 6.07) is 0. The van der Waals surface area contributed by atoms with Crippen molar-refractivity contribution in [1.82, 2.24) is 0 Å². The van der Waals surface area contributed by atoms with E-state index in [1.807, 2.05) is 32.1 Å². The smallest absolute Gasteiger partial charge is 0.124 e. The standard InChI is InChI=1S/C10H14O/c1-4-5-9(2)8-10(3)6-7-11/h4-5,7-8H,3,6H2,1-2H3/b5-4-,9-8-. The summed E-state index contributed by atoms with van der Waals surface area (Å²) in [4.78, 5) is 10.0. The SMILES string of the molecule is C=C(/C=C(C)\C=C/C)CC=O. The molecule has 0 unspecified atom stereocenters. The van der Waals surface area contributed by atoms with Crippen molar-refractivity contribution in [3.05, 3.63) is 36.0 Å². The van der Waals surface area contributed by atoms with E-state index < -0.39 is 0 Å². The van der Waals surface area contributed by atoms with Crippen molar-refractivity contribution in [1.29, 1.82) is 0 Å². The maximum atomic E-state index is 10.0. The van der Waals surface area contributed by atoms with Crippen molar-refractivity contribution in [3.63, 3.8) is 0 Å². The van der Waals surface area contributed by atoms with Crippen LogP contribution >= 0.6 is 0 Å². The van der Waals surface area contributed by atoms with Crippen LogP contribution in [0.5, 0.6) is 0 Å². The first kappa shape index (κ1) is 9.89. The maximum Gasteiger partial charge on any atom is 0.124 e. The Morgan fingerprint density at radius 2 is 2.18 bits per heavy atom. The number of allylic oxidation sites excluding steroid dienone is 5. The molecule has 0 heterocycles. The van der Waals surface area contributed by atoms with Gasteiger partial charge in [0.2, 0.25) is 0 Å². The highest BCUT2D eigenvalue weighted by Gasteiger charge is 1.87. The number of carbonyl (C=O) groups excluding carboxylic acids is 1. The molecular formula is C10H14O. The van der Waals surface area contributed by atoms with Crippen molar-refractivity contribution in [3.8, 4) is 0 Å². The molecule has 0 N–H and O–H groups in total. The monoisotopic (exact) mass is 150 g/mol. The molecule has 0 aliphatic heterocycles. The Kier molecular flexibility index (Phi) is 5.09. The van der Waals surface area contributed by atoms with E-state index in [-0.39, 0.29) is 0 Å².